The van der Waals surface area contributed by atoms with Crippen molar-refractivity contribution in [3.05, 3.63) is 0 Å². The van der Waals surface area contributed by atoms with Crippen LogP contribution in [-0.4, -0.2) is 29.0 Å². The fourth-order valence-electron chi connectivity index (χ4n) is 1.96. The highest BCUT2D eigenvalue weighted by molar-refractivity contribution is 7.99. The van der Waals surface area contributed by atoms with Gasteiger partial charge in [0.25, 0.3) is 0 Å². The van der Waals surface area contributed by atoms with Gasteiger partial charge in [-0.15, -0.1) is 0 Å². The molecule has 1 aliphatic carbocycles. The Hall–Kier alpha value is -0.220. The Labute approximate surface area is 89.2 Å². The molecule has 14 heavy (non-hydrogen) atoms. The van der Waals surface area contributed by atoms with Crippen molar-refractivity contribution in [1.82, 2.24) is 5.32 Å². The van der Waals surface area contributed by atoms with Gasteiger partial charge in [-0.2, -0.15) is 11.8 Å². The smallest absolute Gasteiger partial charge is 0.240 e. The second kappa shape index (κ2) is 4.11. The lowest BCUT2D eigenvalue weighted by atomic mass is 9.77. The maximum Gasteiger partial charge on any atom is 0.240 e. The average Bonchev–Trinajstić information content (AvgIpc) is 2.15. The minimum Gasteiger partial charge on any atom is -0.352 e. The molecule has 1 saturated heterocycles. The van der Waals surface area contributed by atoms with Crippen LogP contribution in [0.1, 0.15) is 32.1 Å². The normalized spacial score (nSPS) is 26.6. The lowest BCUT2D eigenvalue weighted by Crippen LogP contribution is -2.60. The van der Waals surface area contributed by atoms with Crippen LogP contribution in [0.25, 0.3) is 0 Å². The summed E-state index contributed by atoms with van der Waals surface area (Å²) in [5, 5.41) is 3.08. The van der Waals surface area contributed by atoms with Crippen LogP contribution >= 0.6 is 11.8 Å². The van der Waals surface area contributed by atoms with Gasteiger partial charge in [0.15, 0.2) is 0 Å². The zero-order valence-electron chi connectivity index (χ0n) is 8.42. The van der Waals surface area contributed by atoms with Gasteiger partial charge in [0.1, 0.15) is 0 Å². The maximum absolute atomic E-state index is 11.8. The Morgan fingerprint density at radius 1 is 1.36 bits per heavy atom. The Balaban J connectivity index is 1.81. The Morgan fingerprint density at radius 2 is 2.00 bits per heavy atom. The van der Waals surface area contributed by atoms with E-state index in [9.17, 15) is 4.79 Å². The van der Waals surface area contributed by atoms with Gasteiger partial charge in [-0.1, -0.05) is 0 Å². The molecule has 0 atom stereocenters. The molecule has 0 aromatic rings. The van der Waals surface area contributed by atoms with Gasteiger partial charge in [-0.05, 0) is 43.6 Å². The van der Waals surface area contributed by atoms with E-state index in [0.29, 0.717) is 6.04 Å². The van der Waals surface area contributed by atoms with E-state index in [-0.39, 0.29) is 5.91 Å². The molecule has 1 heterocycles. The van der Waals surface area contributed by atoms with Gasteiger partial charge in [0.05, 0.1) is 5.54 Å². The second-order valence-electron chi connectivity index (χ2n) is 4.37. The van der Waals surface area contributed by atoms with Crippen molar-refractivity contribution in [1.29, 1.82) is 0 Å². The number of carbonyl (C=O) groups is 1. The van der Waals surface area contributed by atoms with Gasteiger partial charge < -0.3 is 11.1 Å². The van der Waals surface area contributed by atoms with Crippen molar-refractivity contribution in [2.24, 2.45) is 5.73 Å². The molecular formula is C10H18N2OS. The summed E-state index contributed by atoms with van der Waals surface area (Å²) in [4.78, 5) is 11.8. The van der Waals surface area contributed by atoms with E-state index in [1.165, 1.54) is 11.5 Å². The van der Waals surface area contributed by atoms with Crippen LogP contribution in [0.4, 0.5) is 0 Å². The van der Waals surface area contributed by atoms with E-state index in [2.05, 4.69) is 5.32 Å². The molecule has 0 unspecified atom stereocenters. The van der Waals surface area contributed by atoms with E-state index < -0.39 is 5.54 Å². The highest BCUT2D eigenvalue weighted by Gasteiger charge is 2.40. The van der Waals surface area contributed by atoms with Crippen LogP contribution in [0.5, 0.6) is 0 Å². The predicted molar refractivity (Wildman–Crippen MR) is 59.3 cm³/mol. The summed E-state index contributed by atoms with van der Waals surface area (Å²) in [7, 11) is 0. The molecular weight excluding hydrogens is 196 g/mol. The molecule has 1 amide bonds. The van der Waals surface area contributed by atoms with E-state index in [0.717, 1.165) is 32.1 Å². The summed E-state index contributed by atoms with van der Waals surface area (Å²) in [6.45, 7) is 0. The van der Waals surface area contributed by atoms with Crippen LogP contribution in [0.3, 0.4) is 0 Å². The van der Waals surface area contributed by atoms with Gasteiger partial charge >= 0.3 is 0 Å². The molecule has 0 radical (unpaired) electrons. The highest BCUT2D eigenvalue weighted by Crippen LogP contribution is 2.29. The van der Waals surface area contributed by atoms with Crippen LogP contribution in [0.15, 0.2) is 0 Å². The summed E-state index contributed by atoms with van der Waals surface area (Å²) in [6, 6.07) is 0.379. The first-order valence-corrected chi connectivity index (χ1v) is 6.54. The van der Waals surface area contributed by atoms with Crippen molar-refractivity contribution in [2.45, 2.75) is 43.7 Å². The van der Waals surface area contributed by atoms with Gasteiger partial charge in [0, 0.05) is 6.04 Å². The fraction of sp³-hybridized carbons (Fsp3) is 0.900. The largest absolute Gasteiger partial charge is 0.352 e. The standard InChI is InChI=1S/C10H18N2OS/c11-10(4-1-5-10)9(13)12-8-2-6-14-7-3-8/h8H,1-7,11H2,(H,12,13). The van der Waals surface area contributed by atoms with Gasteiger partial charge in [0.2, 0.25) is 5.91 Å². The molecule has 2 fully saturated rings. The third kappa shape index (κ3) is 2.06. The third-order valence-electron chi connectivity index (χ3n) is 3.25. The number of nitrogens with one attached hydrogen (secondary N) is 1. The van der Waals surface area contributed by atoms with Gasteiger partial charge in [-0.25, -0.2) is 0 Å². The van der Waals surface area contributed by atoms with E-state index >= 15 is 0 Å². The number of nitrogens with two attached hydrogens (primary N) is 1. The van der Waals surface area contributed by atoms with Crippen LogP contribution in [0.2, 0.25) is 0 Å². The minimum atomic E-state index is -0.523. The number of carbonyl (C=O) groups excluding carboxylic acids is 1. The monoisotopic (exact) mass is 214 g/mol. The molecule has 0 aromatic carbocycles. The molecule has 0 aromatic heterocycles. The zero-order valence-corrected chi connectivity index (χ0v) is 9.24. The molecule has 3 N–H and O–H groups in total. The summed E-state index contributed by atoms with van der Waals surface area (Å²) < 4.78 is 0. The van der Waals surface area contributed by atoms with Crippen molar-refractivity contribution < 1.29 is 4.79 Å². The molecule has 2 aliphatic rings. The number of amides is 1. The van der Waals surface area contributed by atoms with E-state index in [4.69, 9.17) is 5.73 Å². The molecule has 1 saturated carbocycles. The summed E-state index contributed by atoms with van der Waals surface area (Å²) in [6.07, 6.45) is 5.03. The average molecular weight is 214 g/mol. The quantitative estimate of drug-likeness (QED) is 0.717. The molecule has 3 nitrogen and oxygen atoms in total. The first-order valence-electron chi connectivity index (χ1n) is 5.38. The molecule has 0 spiro atoms. The van der Waals surface area contributed by atoms with Crippen molar-refractivity contribution in [2.75, 3.05) is 11.5 Å². The van der Waals surface area contributed by atoms with Crippen LogP contribution in [0, 0.1) is 0 Å². The molecule has 0 bridgehead atoms. The topological polar surface area (TPSA) is 55.1 Å². The predicted octanol–water partition coefficient (Wildman–Crippen LogP) is 0.880. The zero-order chi connectivity index (χ0) is 10.0. The fourth-order valence-corrected chi connectivity index (χ4v) is 3.06. The maximum atomic E-state index is 11.8. The Bertz CT molecular complexity index is 222. The lowest BCUT2D eigenvalue weighted by molar-refractivity contribution is -0.130. The molecule has 4 heteroatoms. The Kier molecular flexibility index (Phi) is 3.02. The van der Waals surface area contributed by atoms with Crippen LogP contribution in [-0.2, 0) is 4.79 Å². The van der Waals surface area contributed by atoms with Crippen molar-refractivity contribution in [3.63, 3.8) is 0 Å². The number of hydrogen-bond acceptors (Lipinski definition) is 3. The second-order valence-corrected chi connectivity index (χ2v) is 5.59. The first-order chi connectivity index (χ1) is 6.71. The molecule has 1 aliphatic heterocycles. The molecule has 80 valence electrons. The SMILES string of the molecule is NC1(C(=O)NC2CCSCC2)CCC1. The van der Waals surface area contributed by atoms with E-state index in [1.807, 2.05) is 11.8 Å². The van der Waals surface area contributed by atoms with Gasteiger partial charge in [-0.3, -0.25) is 4.79 Å². The summed E-state index contributed by atoms with van der Waals surface area (Å²) >= 11 is 1.97. The van der Waals surface area contributed by atoms with Crippen LogP contribution < -0.4 is 11.1 Å². The minimum absolute atomic E-state index is 0.0839. The summed E-state index contributed by atoms with van der Waals surface area (Å²) in [5.41, 5.74) is 5.42. The number of thioether (sulfide) groups is 1. The third-order valence-corrected chi connectivity index (χ3v) is 4.30. The van der Waals surface area contributed by atoms with E-state index in [1.54, 1.807) is 0 Å². The molecule has 2 rings (SSSR count). The number of hydrogen-bond donors (Lipinski definition) is 2. The Morgan fingerprint density at radius 3 is 2.50 bits per heavy atom. The summed E-state index contributed by atoms with van der Waals surface area (Å²) in [5.74, 6) is 2.42. The first kappa shape index (κ1) is 10.3. The highest BCUT2D eigenvalue weighted by atomic mass is 32.2. The number of rotatable bonds is 2. The lowest BCUT2D eigenvalue weighted by Gasteiger charge is -2.38. The van der Waals surface area contributed by atoms with Crippen molar-refractivity contribution >= 4 is 17.7 Å². The van der Waals surface area contributed by atoms with Crippen molar-refractivity contribution in [3.8, 4) is 0 Å².